The van der Waals surface area contributed by atoms with E-state index in [9.17, 15) is 29.1 Å². The molecule has 10 bridgehead atoms. The summed E-state index contributed by atoms with van der Waals surface area (Å²) in [6.45, 7) is 6.33. The van der Waals surface area contributed by atoms with Gasteiger partial charge in [-0.2, -0.15) is 0 Å². The Labute approximate surface area is 364 Å². The number of aryl methyl sites for hydroxylation is 1. The molecule has 5 aromatic rings. The van der Waals surface area contributed by atoms with Crippen molar-refractivity contribution in [3.63, 3.8) is 0 Å². The van der Waals surface area contributed by atoms with E-state index >= 15 is 0 Å². The Morgan fingerprint density at radius 1 is 0.873 bits per heavy atom. The summed E-state index contributed by atoms with van der Waals surface area (Å²) in [6.07, 6.45) is 4.40. The Balaban J connectivity index is 1.23. The Bertz CT molecular complexity index is 2380. The first kappa shape index (κ1) is 44.1. The summed E-state index contributed by atoms with van der Waals surface area (Å²) in [4.78, 5) is 70.5. The van der Waals surface area contributed by atoms with Crippen LogP contribution < -0.4 is 26.0 Å². The maximum Gasteiger partial charge on any atom is 0.326 e. The number of amides is 4. The molecule has 330 valence electrons. The highest BCUT2D eigenvalue weighted by Crippen LogP contribution is 2.31. The normalized spacial score (nSPS) is 20.5. The van der Waals surface area contributed by atoms with Gasteiger partial charge in [-0.15, -0.1) is 10.2 Å². The van der Waals surface area contributed by atoms with Gasteiger partial charge >= 0.3 is 5.97 Å². The van der Waals surface area contributed by atoms with E-state index in [1.165, 1.54) is 4.90 Å². The molecule has 0 aliphatic carbocycles. The molecule has 1 fully saturated rings. The third kappa shape index (κ3) is 10.7. The monoisotopic (exact) mass is 859 g/mol. The van der Waals surface area contributed by atoms with Crippen LogP contribution in [0.1, 0.15) is 50.8 Å². The predicted octanol–water partition coefficient (Wildman–Crippen LogP) is 2.42. The molecule has 9 rings (SSSR count). The lowest BCUT2D eigenvalue weighted by atomic mass is 10.0. The van der Waals surface area contributed by atoms with Crippen LogP contribution >= 0.6 is 0 Å². The number of carboxylic acids is 1. The molecule has 6 unspecified atom stereocenters. The number of aromatic nitrogens is 6. The summed E-state index contributed by atoms with van der Waals surface area (Å²) in [6, 6.07) is 18.0. The molecule has 63 heavy (non-hydrogen) atoms. The van der Waals surface area contributed by atoms with E-state index in [1.807, 2.05) is 50.4 Å². The van der Waals surface area contributed by atoms with Crippen molar-refractivity contribution in [3.8, 4) is 28.3 Å². The molecular weight excluding hydrogens is 807 g/mol. The molecule has 5 N–H and O–H groups in total. The first-order valence-electron chi connectivity index (χ1n) is 21.2. The van der Waals surface area contributed by atoms with Gasteiger partial charge in [0.1, 0.15) is 41.3 Å². The topological polar surface area (TPSA) is 228 Å². The molecule has 0 saturated carbocycles. The van der Waals surface area contributed by atoms with Crippen molar-refractivity contribution in [1.29, 1.82) is 0 Å². The highest BCUT2D eigenvalue weighted by molar-refractivity contribution is 5.96. The Morgan fingerprint density at radius 3 is 2.22 bits per heavy atom. The van der Waals surface area contributed by atoms with Gasteiger partial charge in [0.2, 0.25) is 23.6 Å². The van der Waals surface area contributed by atoms with E-state index in [4.69, 9.17) is 4.74 Å². The van der Waals surface area contributed by atoms with Gasteiger partial charge in [-0.25, -0.2) is 9.48 Å². The van der Waals surface area contributed by atoms with Gasteiger partial charge in [0.05, 0.1) is 31.1 Å². The second-order valence-corrected chi connectivity index (χ2v) is 16.4. The van der Waals surface area contributed by atoms with Gasteiger partial charge in [-0.1, -0.05) is 91.0 Å². The van der Waals surface area contributed by atoms with Crippen LogP contribution in [0.15, 0.2) is 91.3 Å². The van der Waals surface area contributed by atoms with Crippen LogP contribution in [0.4, 0.5) is 0 Å². The van der Waals surface area contributed by atoms with Crippen LogP contribution in [-0.2, 0) is 43.4 Å². The third-order valence-electron chi connectivity index (χ3n) is 11.5. The number of likely N-dealkylation sites (tertiary alicyclic amines) is 1. The quantitative estimate of drug-likeness (QED) is 0.152. The summed E-state index contributed by atoms with van der Waals surface area (Å²) >= 11 is 0. The van der Waals surface area contributed by atoms with Gasteiger partial charge in [-0.05, 0) is 43.1 Å². The maximum absolute atomic E-state index is 14.6. The molecule has 18 nitrogen and oxygen atoms in total. The number of nitrogens with one attached hydrogen (secondary N) is 4. The molecule has 4 amide bonds. The summed E-state index contributed by atoms with van der Waals surface area (Å²) in [5, 5.41) is 39.1. The number of carbonyl (C=O) groups excluding carboxylic acids is 4. The van der Waals surface area contributed by atoms with Gasteiger partial charge < -0.3 is 36.0 Å². The van der Waals surface area contributed by atoms with Crippen molar-refractivity contribution in [2.24, 2.45) is 5.92 Å². The number of hydrogen-bond donors (Lipinski definition) is 5. The largest absolute Gasteiger partial charge is 0.494 e. The fourth-order valence-electron chi connectivity index (χ4n) is 7.71. The number of aliphatic carboxylic acids is 1. The highest BCUT2D eigenvalue weighted by atomic mass is 16.5. The minimum Gasteiger partial charge on any atom is -0.494 e. The first-order valence-corrected chi connectivity index (χ1v) is 21.2. The van der Waals surface area contributed by atoms with Crippen LogP contribution in [-0.4, -0.2) is 120 Å². The second kappa shape index (κ2) is 19.8. The van der Waals surface area contributed by atoms with Crippen LogP contribution in [0.25, 0.3) is 22.5 Å². The molecule has 4 aliphatic rings. The number of fused-ring (bicyclic) bond motifs is 2. The number of rotatable bonds is 8. The lowest BCUT2D eigenvalue weighted by Crippen LogP contribution is -2.59. The Hall–Kier alpha value is -6.95. The number of benzene rings is 3. The SMILES string of the molecule is CNC(C)C(=O)NC(C(=O)N1CC2CC1C(=O)NC(Cc1ccccc1)C(=O)NC(C(=O)O)Cc1ccc(cc1)OCCCn1cc(nn1)-c1ccc(cc1)-c1cn2nn1)C(C)C. The molecular formula is C45H53N11O7. The number of nitrogens with zero attached hydrogens (tertiary/aromatic N) is 7. The van der Waals surface area contributed by atoms with Gasteiger partial charge in [0.15, 0.2) is 0 Å². The molecule has 0 radical (unpaired) electrons. The fraction of sp³-hybridized carbons (Fsp3) is 0.400. The highest BCUT2D eigenvalue weighted by Gasteiger charge is 2.45. The van der Waals surface area contributed by atoms with Crippen molar-refractivity contribution < 1.29 is 33.8 Å². The van der Waals surface area contributed by atoms with E-state index in [1.54, 1.807) is 78.1 Å². The minimum absolute atomic E-state index is 0.0362. The average molecular weight is 860 g/mol. The van der Waals surface area contributed by atoms with Gasteiger partial charge in [-0.3, -0.25) is 23.9 Å². The molecule has 1 saturated heterocycles. The van der Waals surface area contributed by atoms with E-state index in [0.717, 1.165) is 16.7 Å². The Morgan fingerprint density at radius 2 is 1.56 bits per heavy atom. The zero-order valence-corrected chi connectivity index (χ0v) is 35.7. The lowest BCUT2D eigenvalue weighted by molar-refractivity contribution is -0.144. The molecule has 2 aromatic heterocycles. The van der Waals surface area contributed by atoms with Crippen LogP contribution in [0.5, 0.6) is 5.75 Å². The molecule has 6 heterocycles. The number of likely N-dealkylation sites (N-methyl/N-ethyl adjacent to an activating group) is 1. The van der Waals surface area contributed by atoms with Crippen molar-refractivity contribution >= 4 is 29.6 Å². The van der Waals surface area contributed by atoms with Crippen LogP contribution in [0.3, 0.4) is 0 Å². The standard InChI is InChI=1S/C45H53N11O7/c1-27(2)40(49-41(57)28(3)46-4)44(60)55-24-33-23-39(55)43(59)47-35(21-29-9-6-5-7-10-29)42(58)48-36(45(61)62)22-30-11-17-34(18-12-30)63-20-8-19-54-25-37(50-52-54)31-13-15-32(16-14-31)38-26-56(33)53-51-38/h5-7,9-18,25-28,33,35-36,39-40,46H,8,19-24H2,1-4H3,(H,47,59)(H,48,58)(H,49,57)(H,61,62). The lowest BCUT2D eigenvalue weighted by Gasteiger charge is -2.31. The number of ether oxygens (including phenoxy) is 1. The van der Waals surface area contributed by atoms with Gasteiger partial charge in [0.25, 0.3) is 0 Å². The molecule has 6 atom stereocenters. The predicted molar refractivity (Wildman–Crippen MR) is 231 cm³/mol. The minimum atomic E-state index is -1.33. The third-order valence-corrected chi connectivity index (χ3v) is 11.5. The molecule has 0 spiro atoms. The van der Waals surface area contributed by atoms with E-state index in [0.29, 0.717) is 42.3 Å². The summed E-state index contributed by atoms with van der Waals surface area (Å²) in [5.74, 6) is -3.18. The molecule has 4 aliphatic heterocycles. The number of carboxylic acid groups (broad SMARTS) is 1. The zero-order chi connectivity index (χ0) is 44.6. The van der Waals surface area contributed by atoms with Crippen molar-refractivity contribution in [2.75, 3.05) is 20.2 Å². The number of carbonyl (C=O) groups is 5. The van der Waals surface area contributed by atoms with Crippen molar-refractivity contribution in [2.45, 2.75) is 89.3 Å². The van der Waals surface area contributed by atoms with Crippen LogP contribution in [0, 0.1) is 5.92 Å². The smallest absolute Gasteiger partial charge is 0.326 e. The maximum atomic E-state index is 14.6. The first-order chi connectivity index (χ1) is 30.4. The van der Waals surface area contributed by atoms with E-state index in [-0.39, 0.29) is 37.6 Å². The van der Waals surface area contributed by atoms with E-state index < -0.39 is 59.9 Å². The van der Waals surface area contributed by atoms with Crippen LogP contribution in [0.2, 0.25) is 0 Å². The molecule has 3 aromatic carbocycles. The summed E-state index contributed by atoms with van der Waals surface area (Å²) in [7, 11) is 1.64. The van der Waals surface area contributed by atoms with Gasteiger partial charge in [0, 0.05) is 49.9 Å². The zero-order valence-electron chi connectivity index (χ0n) is 35.7. The average Bonchev–Trinajstić information content (AvgIpc) is 4.07. The number of hydrogen-bond acceptors (Lipinski definition) is 11. The van der Waals surface area contributed by atoms with E-state index in [2.05, 4.69) is 41.9 Å². The van der Waals surface area contributed by atoms with Crippen molar-refractivity contribution in [1.82, 2.24) is 56.2 Å². The second-order valence-electron chi connectivity index (χ2n) is 16.4. The fourth-order valence-corrected chi connectivity index (χ4v) is 7.71. The summed E-state index contributed by atoms with van der Waals surface area (Å²) in [5.41, 5.74) is 4.28. The van der Waals surface area contributed by atoms with Crippen molar-refractivity contribution in [3.05, 3.63) is 102 Å². The Kier molecular flexibility index (Phi) is 13.9. The molecule has 18 heteroatoms. The summed E-state index contributed by atoms with van der Waals surface area (Å²) < 4.78 is 9.33.